The highest BCUT2D eigenvalue weighted by molar-refractivity contribution is 6.30. The minimum atomic E-state index is 0.271. The van der Waals surface area contributed by atoms with Crippen LogP contribution >= 0.6 is 23.2 Å². The van der Waals surface area contributed by atoms with Crippen LogP contribution in [0.5, 0.6) is 0 Å². The van der Waals surface area contributed by atoms with E-state index in [2.05, 4.69) is 15.1 Å². The molecule has 0 aliphatic carbocycles. The van der Waals surface area contributed by atoms with Crippen molar-refractivity contribution in [2.45, 2.75) is 25.6 Å². The molecule has 0 spiro atoms. The van der Waals surface area contributed by atoms with Crippen LogP contribution < -0.4 is 0 Å². The first-order chi connectivity index (χ1) is 8.11. The van der Waals surface area contributed by atoms with Gasteiger partial charge in [-0.3, -0.25) is 0 Å². The van der Waals surface area contributed by atoms with Crippen LogP contribution in [0.2, 0.25) is 5.02 Å². The van der Waals surface area contributed by atoms with Crippen molar-refractivity contribution in [1.82, 2.24) is 19.7 Å². The van der Waals surface area contributed by atoms with E-state index in [9.17, 15) is 0 Å². The van der Waals surface area contributed by atoms with Gasteiger partial charge in [-0.25, -0.2) is 14.6 Å². The van der Waals surface area contributed by atoms with Gasteiger partial charge in [-0.2, -0.15) is 5.10 Å². The Hall–Kier alpha value is -1.13. The minimum absolute atomic E-state index is 0.271. The van der Waals surface area contributed by atoms with E-state index >= 15 is 0 Å². The Kier molecular flexibility index (Phi) is 3.64. The van der Waals surface area contributed by atoms with Gasteiger partial charge in [0.1, 0.15) is 11.5 Å². The molecule has 0 amide bonds. The van der Waals surface area contributed by atoms with E-state index in [0.717, 1.165) is 17.2 Å². The number of hydrogen-bond acceptors (Lipinski definition) is 3. The summed E-state index contributed by atoms with van der Waals surface area (Å²) in [6.07, 6.45) is 4.99. The highest BCUT2D eigenvalue weighted by Gasteiger charge is 2.11. The third kappa shape index (κ3) is 2.58. The lowest BCUT2D eigenvalue weighted by molar-refractivity contribution is 0.748. The van der Waals surface area contributed by atoms with Gasteiger partial charge in [0.25, 0.3) is 0 Å². The van der Waals surface area contributed by atoms with Crippen molar-refractivity contribution in [2.24, 2.45) is 0 Å². The molecule has 4 nitrogen and oxygen atoms in total. The Morgan fingerprint density at radius 1 is 1.35 bits per heavy atom. The lowest BCUT2D eigenvalue weighted by Crippen LogP contribution is -2.07. The van der Waals surface area contributed by atoms with E-state index in [4.69, 9.17) is 23.2 Å². The fraction of sp³-hybridized carbons (Fsp3) is 0.364. The third-order valence-corrected chi connectivity index (χ3v) is 2.75. The SMILES string of the molecule is CC(C)c1ncc(-n2cc(Cl)cn2)c(CCl)n1. The molecule has 0 bridgehead atoms. The van der Waals surface area contributed by atoms with Gasteiger partial charge in [0.2, 0.25) is 0 Å². The summed E-state index contributed by atoms with van der Waals surface area (Å²) >= 11 is 11.7. The first kappa shape index (κ1) is 12.3. The summed E-state index contributed by atoms with van der Waals surface area (Å²) in [7, 11) is 0. The predicted molar refractivity (Wildman–Crippen MR) is 67.8 cm³/mol. The van der Waals surface area contributed by atoms with Gasteiger partial charge in [0.15, 0.2) is 0 Å². The highest BCUT2D eigenvalue weighted by atomic mass is 35.5. The molecule has 0 aliphatic heterocycles. The molecule has 0 radical (unpaired) electrons. The van der Waals surface area contributed by atoms with E-state index in [1.54, 1.807) is 23.3 Å². The van der Waals surface area contributed by atoms with Gasteiger partial charge in [0, 0.05) is 12.1 Å². The molecule has 0 aromatic carbocycles. The Morgan fingerprint density at radius 2 is 2.12 bits per heavy atom. The van der Waals surface area contributed by atoms with E-state index in [-0.39, 0.29) is 5.92 Å². The van der Waals surface area contributed by atoms with Crippen LogP contribution in [-0.2, 0) is 5.88 Å². The standard InChI is InChI=1S/C11H12Cl2N4/c1-7(2)11-14-5-10(9(3-12)16-11)17-6-8(13)4-15-17/h4-7H,3H2,1-2H3. The molecule has 0 N–H and O–H groups in total. The van der Waals surface area contributed by atoms with Gasteiger partial charge in [-0.05, 0) is 0 Å². The monoisotopic (exact) mass is 270 g/mol. The van der Waals surface area contributed by atoms with Crippen LogP contribution in [0.3, 0.4) is 0 Å². The summed E-state index contributed by atoms with van der Waals surface area (Å²) in [4.78, 5) is 8.73. The fourth-order valence-electron chi connectivity index (χ4n) is 1.43. The summed E-state index contributed by atoms with van der Waals surface area (Å²) in [5, 5.41) is 4.68. The van der Waals surface area contributed by atoms with Crippen molar-refractivity contribution in [3.05, 3.63) is 35.1 Å². The smallest absolute Gasteiger partial charge is 0.131 e. The molecule has 0 saturated carbocycles. The molecule has 2 rings (SSSR count). The Morgan fingerprint density at radius 3 is 2.65 bits per heavy atom. The third-order valence-electron chi connectivity index (χ3n) is 2.31. The average Bonchev–Trinajstić information content (AvgIpc) is 2.74. The Labute approximate surface area is 110 Å². The molecular weight excluding hydrogens is 259 g/mol. The molecule has 2 aromatic heterocycles. The zero-order valence-electron chi connectivity index (χ0n) is 9.56. The molecular formula is C11H12Cl2N4. The van der Waals surface area contributed by atoms with Crippen LogP contribution in [0.15, 0.2) is 18.6 Å². The quantitative estimate of drug-likeness (QED) is 0.805. The van der Waals surface area contributed by atoms with Crippen LogP contribution in [0, 0.1) is 0 Å². The van der Waals surface area contributed by atoms with Gasteiger partial charge in [-0.1, -0.05) is 25.4 Å². The summed E-state index contributed by atoms with van der Waals surface area (Å²) in [5.41, 5.74) is 1.52. The topological polar surface area (TPSA) is 43.6 Å². The van der Waals surface area contributed by atoms with Crippen molar-refractivity contribution in [1.29, 1.82) is 0 Å². The van der Waals surface area contributed by atoms with Crippen LogP contribution in [-0.4, -0.2) is 19.7 Å². The van der Waals surface area contributed by atoms with Gasteiger partial charge in [0.05, 0.1) is 29.0 Å². The molecule has 0 atom stereocenters. The maximum atomic E-state index is 5.90. The minimum Gasteiger partial charge on any atom is -0.239 e. The lowest BCUT2D eigenvalue weighted by Gasteiger charge is -2.09. The summed E-state index contributed by atoms with van der Waals surface area (Å²) in [5.74, 6) is 1.37. The number of rotatable bonds is 3. The van der Waals surface area contributed by atoms with Crippen molar-refractivity contribution in [2.75, 3.05) is 0 Å². The molecule has 0 unspecified atom stereocenters. The summed E-state index contributed by atoms with van der Waals surface area (Å²) in [6.45, 7) is 4.08. The number of alkyl halides is 1. The molecule has 0 aliphatic rings. The maximum Gasteiger partial charge on any atom is 0.131 e. The largest absolute Gasteiger partial charge is 0.239 e. The Balaban J connectivity index is 2.48. The van der Waals surface area contributed by atoms with Crippen molar-refractivity contribution < 1.29 is 0 Å². The van der Waals surface area contributed by atoms with Crippen LogP contribution in [0.4, 0.5) is 0 Å². The number of halogens is 2. The summed E-state index contributed by atoms with van der Waals surface area (Å²) in [6, 6.07) is 0. The van der Waals surface area contributed by atoms with Crippen LogP contribution in [0.25, 0.3) is 5.69 Å². The lowest BCUT2D eigenvalue weighted by atomic mass is 10.2. The highest BCUT2D eigenvalue weighted by Crippen LogP contribution is 2.18. The average molecular weight is 271 g/mol. The predicted octanol–water partition coefficient (Wildman–Crippen LogP) is 3.18. The van der Waals surface area contributed by atoms with Crippen LogP contribution in [0.1, 0.15) is 31.3 Å². The first-order valence-corrected chi connectivity index (χ1v) is 6.15. The van der Waals surface area contributed by atoms with Gasteiger partial charge >= 0.3 is 0 Å². The second-order valence-corrected chi connectivity index (χ2v) is 4.66. The Bertz CT molecular complexity index is 522. The van der Waals surface area contributed by atoms with E-state index in [1.807, 2.05) is 13.8 Å². The zero-order valence-corrected chi connectivity index (χ0v) is 11.1. The van der Waals surface area contributed by atoms with E-state index in [1.165, 1.54) is 0 Å². The second-order valence-electron chi connectivity index (χ2n) is 3.95. The molecule has 17 heavy (non-hydrogen) atoms. The molecule has 0 saturated heterocycles. The number of aromatic nitrogens is 4. The molecule has 0 fully saturated rings. The molecule has 6 heteroatoms. The first-order valence-electron chi connectivity index (χ1n) is 5.24. The van der Waals surface area contributed by atoms with E-state index in [0.29, 0.717) is 10.9 Å². The van der Waals surface area contributed by atoms with Gasteiger partial charge < -0.3 is 0 Å². The zero-order chi connectivity index (χ0) is 12.4. The van der Waals surface area contributed by atoms with E-state index < -0.39 is 0 Å². The fourth-order valence-corrected chi connectivity index (χ4v) is 1.76. The molecule has 90 valence electrons. The van der Waals surface area contributed by atoms with Crippen molar-refractivity contribution in [3.8, 4) is 5.69 Å². The normalized spacial score (nSPS) is 11.1. The molecule has 2 heterocycles. The van der Waals surface area contributed by atoms with Gasteiger partial charge in [-0.15, -0.1) is 11.6 Å². The number of hydrogen-bond donors (Lipinski definition) is 0. The van der Waals surface area contributed by atoms with Crippen molar-refractivity contribution >= 4 is 23.2 Å². The summed E-state index contributed by atoms with van der Waals surface area (Å²) < 4.78 is 1.63. The van der Waals surface area contributed by atoms with Crippen molar-refractivity contribution in [3.63, 3.8) is 0 Å². The second kappa shape index (κ2) is 5.02. The number of nitrogens with zero attached hydrogens (tertiary/aromatic N) is 4. The maximum absolute atomic E-state index is 5.90. The molecule has 2 aromatic rings.